The highest BCUT2D eigenvalue weighted by Crippen LogP contribution is 2.67. The number of rotatable bonds is 8. The molecular formula is C35H42O10. The van der Waals surface area contributed by atoms with Gasteiger partial charge in [-0.25, -0.2) is 0 Å². The molecule has 2 N–H and O–H groups in total. The predicted molar refractivity (Wildman–Crippen MR) is 159 cm³/mol. The first-order chi connectivity index (χ1) is 21.4. The van der Waals surface area contributed by atoms with Crippen molar-refractivity contribution in [3.8, 4) is 0 Å². The van der Waals surface area contributed by atoms with Crippen molar-refractivity contribution < 1.29 is 48.3 Å². The largest absolute Gasteiger partial charge is 0.458 e. The third-order valence-electron chi connectivity index (χ3n) is 11.2. The van der Waals surface area contributed by atoms with Crippen LogP contribution in [0.1, 0.15) is 70.6 Å². The van der Waals surface area contributed by atoms with Crippen LogP contribution in [0.5, 0.6) is 0 Å². The number of hydrogen-bond donors (Lipinski definition) is 2. The van der Waals surface area contributed by atoms with E-state index in [4.69, 9.17) is 18.9 Å². The van der Waals surface area contributed by atoms with Crippen LogP contribution in [0.3, 0.4) is 0 Å². The van der Waals surface area contributed by atoms with E-state index in [1.54, 1.807) is 12.2 Å². The molecule has 5 aliphatic rings. The van der Waals surface area contributed by atoms with E-state index >= 15 is 0 Å². The number of Topliss-reactive ketones (excluding diaryl/α,β-unsaturated/α-hetero) is 1. The number of esters is 2. The van der Waals surface area contributed by atoms with Gasteiger partial charge in [0, 0.05) is 22.3 Å². The number of aliphatic hydroxyl groups excluding tert-OH is 1. The van der Waals surface area contributed by atoms with Crippen molar-refractivity contribution in [2.24, 2.45) is 28.6 Å². The molecule has 1 heterocycles. The Bertz CT molecular complexity index is 1390. The maximum atomic E-state index is 13.5. The predicted octanol–water partition coefficient (Wildman–Crippen LogP) is 3.55. The minimum absolute atomic E-state index is 0.00885. The van der Waals surface area contributed by atoms with Gasteiger partial charge in [-0.1, -0.05) is 55.8 Å². The fourth-order valence-corrected chi connectivity index (χ4v) is 8.93. The summed E-state index contributed by atoms with van der Waals surface area (Å²) in [5.74, 6) is -2.04. The SMILES string of the molecule is C[C@]12C=CC(=O)C=C1CCC1C2[C@@H](O)C[C@@]2(C)C1CC[C@]2(O)C(=O)COC(=O)CCC(=O)OC1COC(c2ccccc2)OC1. The lowest BCUT2D eigenvalue weighted by atomic mass is 9.46. The Balaban J connectivity index is 0.990. The van der Waals surface area contributed by atoms with Crippen LogP contribution in [-0.4, -0.2) is 71.3 Å². The number of carbonyl (C=O) groups is 4. The summed E-state index contributed by atoms with van der Waals surface area (Å²) >= 11 is 0. The lowest BCUT2D eigenvalue weighted by molar-refractivity contribution is -0.229. The normalized spacial score (nSPS) is 38.8. The lowest BCUT2D eigenvalue weighted by Gasteiger charge is -2.59. The summed E-state index contributed by atoms with van der Waals surface area (Å²) in [7, 11) is 0. The first-order valence-corrected chi connectivity index (χ1v) is 16.0. The summed E-state index contributed by atoms with van der Waals surface area (Å²) < 4.78 is 21.9. The molecule has 1 aromatic carbocycles. The number of fused-ring (bicyclic) bond motifs is 5. The van der Waals surface area contributed by atoms with Gasteiger partial charge in [-0.05, 0) is 56.1 Å². The third-order valence-corrected chi connectivity index (χ3v) is 11.2. The Morgan fingerprint density at radius 2 is 1.73 bits per heavy atom. The number of allylic oxidation sites excluding steroid dienone is 4. The summed E-state index contributed by atoms with van der Waals surface area (Å²) in [5, 5.41) is 23.3. The van der Waals surface area contributed by atoms with E-state index in [2.05, 4.69) is 6.92 Å². The number of aliphatic hydroxyl groups is 2. The lowest BCUT2D eigenvalue weighted by Crippen LogP contribution is -2.61. The van der Waals surface area contributed by atoms with Crippen LogP contribution in [0, 0.1) is 28.6 Å². The van der Waals surface area contributed by atoms with E-state index in [0.29, 0.717) is 6.42 Å². The molecule has 0 bridgehead atoms. The second-order valence-electron chi connectivity index (χ2n) is 13.7. The van der Waals surface area contributed by atoms with Gasteiger partial charge in [-0.2, -0.15) is 0 Å². The average Bonchev–Trinajstić information content (AvgIpc) is 3.30. The summed E-state index contributed by atoms with van der Waals surface area (Å²) in [6, 6.07) is 9.42. The van der Waals surface area contributed by atoms with Crippen LogP contribution in [0.25, 0.3) is 0 Å². The standard InChI is InChI=1S/C35H42O10/c1-33-14-12-23(36)16-22(33)8-9-25-26-13-15-35(41,34(26,2)17-27(37)31(25)33)28(38)20-42-29(39)10-11-30(40)45-24-18-43-32(44-19-24)21-6-4-3-5-7-21/h3-7,12,14,16,24-27,31-32,37,41H,8-11,13,15,17-20H2,1-2H3/t24?,25?,26?,27-,31?,32?,33-,34-,35-/m0/s1. The van der Waals surface area contributed by atoms with Gasteiger partial charge in [-0.15, -0.1) is 0 Å². The Labute approximate surface area is 262 Å². The minimum atomic E-state index is -1.75. The minimum Gasteiger partial charge on any atom is -0.458 e. The molecule has 3 unspecified atom stereocenters. The molecule has 0 radical (unpaired) electrons. The van der Waals surface area contributed by atoms with E-state index in [1.165, 1.54) is 0 Å². The molecule has 6 rings (SSSR count). The van der Waals surface area contributed by atoms with Crippen molar-refractivity contribution in [3.05, 3.63) is 59.7 Å². The van der Waals surface area contributed by atoms with Crippen LogP contribution in [0.4, 0.5) is 0 Å². The number of carbonyl (C=O) groups excluding carboxylic acids is 4. The fourth-order valence-electron chi connectivity index (χ4n) is 8.93. The highest BCUT2D eigenvalue weighted by Gasteiger charge is 2.68. The molecule has 1 aliphatic heterocycles. The van der Waals surface area contributed by atoms with Crippen LogP contribution in [-0.2, 0) is 38.1 Å². The number of benzene rings is 1. The van der Waals surface area contributed by atoms with Gasteiger partial charge < -0.3 is 29.2 Å². The molecule has 1 saturated heterocycles. The average molecular weight is 623 g/mol. The first kappa shape index (κ1) is 31.8. The van der Waals surface area contributed by atoms with Crippen molar-refractivity contribution >= 4 is 23.5 Å². The molecule has 242 valence electrons. The number of ether oxygens (including phenoxy) is 4. The molecule has 0 spiro atoms. The second kappa shape index (κ2) is 12.2. The molecule has 4 fully saturated rings. The van der Waals surface area contributed by atoms with E-state index in [0.717, 1.165) is 24.0 Å². The van der Waals surface area contributed by atoms with Crippen LogP contribution >= 0.6 is 0 Å². The zero-order valence-electron chi connectivity index (χ0n) is 25.8. The zero-order valence-corrected chi connectivity index (χ0v) is 25.8. The maximum Gasteiger partial charge on any atom is 0.306 e. The Kier molecular flexibility index (Phi) is 8.62. The molecule has 0 aromatic heterocycles. The van der Waals surface area contributed by atoms with Crippen molar-refractivity contribution in [3.63, 3.8) is 0 Å². The van der Waals surface area contributed by atoms with Gasteiger partial charge in [0.2, 0.25) is 5.78 Å². The molecular weight excluding hydrogens is 580 g/mol. The van der Waals surface area contributed by atoms with Crippen LogP contribution in [0.15, 0.2) is 54.1 Å². The highest BCUT2D eigenvalue weighted by atomic mass is 16.7. The summed E-state index contributed by atoms with van der Waals surface area (Å²) in [4.78, 5) is 50.3. The van der Waals surface area contributed by atoms with Crippen molar-refractivity contribution in [1.29, 1.82) is 0 Å². The molecule has 0 amide bonds. The van der Waals surface area contributed by atoms with E-state index < -0.39 is 59.3 Å². The first-order valence-electron chi connectivity index (χ1n) is 16.0. The van der Waals surface area contributed by atoms with E-state index in [1.807, 2.05) is 43.3 Å². The van der Waals surface area contributed by atoms with Gasteiger partial charge in [0.1, 0.15) is 11.7 Å². The van der Waals surface area contributed by atoms with Gasteiger partial charge in [0.15, 0.2) is 18.7 Å². The fraction of sp³-hybridized carbons (Fsp3) is 0.600. The summed E-state index contributed by atoms with van der Waals surface area (Å²) in [5.41, 5.74) is -1.19. The van der Waals surface area contributed by atoms with E-state index in [9.17, 15) is 29.4 Å². The van der Waals surface area contributed by atoms with Gasteiger partial charge in [0.25, 0.3) is 0 Å². The molecule has 1 aromatic rings. The van der Waals surface area contributed by atoms with Crippen molar-refractivity contribution in [2.45, 2.75) is 82.9 Å². The molecule has 4 aliphatic carbocycles. The van der Waals surface area contributed by atoms with Crippen LogP contribution < -0.4 is 0 Å². The zero-order chi connectivity index (χ0) is 32.0. The quantitative estimate of drug-likeness (QED) is 0.413. The summed E-state index contributed by atoms with van der Waals surface area (Å²) in [6.45, 7) is 3.65. The maximum absolute atomic E-state index is 13.5. The molecule has 3 saturated carbocycles. The highest BCUT2D eigenvalue weighted by molar-refractivity contribution is 6.01. The monoisotopic (exact) mass is 622 g/mol. The van der Waals surface area contributed by atoms with E-state index in [-0.39, 0.29) is 62.4 Å². The van der Waals surface area contributed by atoms with Gasteiger partial charge in [0.05, 0.1) is 32.2 Å². The van der Waals surface area contributed by atoms with Crippen LogP contribution in [0.2, 0.25) is 0 Å². The second-order valence-corrected chi connectivity index (χ2v) is 13.7. The topological polar surface area (TPSA) is 146 Å². The number of ketones is 2. The Morgan fingerprint density at radius 3 is 2.47 bits per heavy atom. The third kappa shape index (κ3) is 5.71. The Hall–Kier alpha value is -3.18. The Morgan fingerprint density at radius 1 is 1.02 bits per heavy atom. The van der Waals surface area contributed by atoms with Gasteiger partial charge in [-0.3, -0.25) is 19.2 Å². The van der Waals surface area contributed by atoms with Gasteiger partial charge >= 0.3 is 11.9 Å². The molecule has 10 heteroatoms. The molecule has 45 heavy (non-hydrogen) atoms. The molecule has 7 atom stereocenters. The summed E-state index contributed by atoms with van der Waals surface area (Å²) in [6.07, 6.45) is 5.33. The van der Waals surface area contributed by atoms with Crippen molar-refractivity contribution in [1.82, 2.24) is 0 Å². The smallest absolute Gasteiger partial charge is 0.306 e. The van der Waals surface area contributed by atoms with Crippen molar-refractivity contribution in [2.75, 3.05) is 19.8 Å². The number of hydrogen-bond acceptors (Lipinski definition) is 10. The molecule has 10 nitrogen and oxygen atoms in total.